The molecule has 3 rings (SSSR count). The summed E-state index contributed by atoms with van der Waals surface area (Å²) in [4.78, 5) is 0. The lowest BCUT2D eigenvalue weighted by Crippen LogP contribution is -1.90. The van der Waals surface area contributed by atoms with Gasteiger partial charge in [-0.3, -0.25) is 0 Å². The van der Waals surface area contributed by atoms with Crippen molar-refractivity contribution in [2.75, 3.05) is 5.73 Å². The zero-order chi connectivity index (χ0) is 11.1. The van der Waals surface area contributed by atoms with Gasteiger partial charge in [0, 0.05) is 14.6 Å². The quantitative estimate of drug-likeness (QED) is 0.375. The van der Waals surface area contributed by atoms with Crippen LogP contribution in [0.25, 0.3) is 21.5 Å². The fraction of sp³-hybridized carbons (Fsp3) is 0. The molecule has 0 unspecified atom stereocenters. The highest BCUT2D eigenvalue weighted by Crippen LogP contribution is 2.32. The molecule has 0 saturated carbocycles. The number of halogens is 1. The molecule has 0 bridgehead atoms. The average molecular weight is 319 g/mol. The normalized spacial score (nSPS) is 11.1. The molecule has 0 fully saturated rings. The first kappa shape index (κ1) is 9.90. The van der Waals surface area contributed by atoms with Crippen molar-refractivity contribution in [3.63, 3.8) is 0 Å². The Morgan fingerprint density at radius 1 is 0.812 bits per heavy atom. The molecule has 0 saturated heterocycles. The van der Waals surface area contributed by atoms with Gasteiger partial charge in [-0.25, -0.2) is 0 Å². The second-order valence-electron chi connectivity index (χ2n) is 3.85. The van der Waals surface area contributed by atoms with Crippen molar-refractivity contribution in [1.82, 2.24) is 0 Å². The number of fused-ring (bicyclic) bond motifs is 3. The van der Waals surface area contributed by atoms with Crippen LogP contribution in [0.2, 0.25) is 0 Å². The van der Waals surface area contributed by atoms with Gasteiger partial charge >= 0.3 is 0 Å². The van der Waals surface area contributed by atoms with Crippen molar-refractivity contribution in [2.24, 2.45) is 0 Å². The molecule has 3 aromatic rings. The summed E-state index contributed by atoms with van der Waals surface area (Å²) in [6, 6.07) is 16.8. The van der Waals surface area contributed by atoms with Crippen LogP contribution in [0.1, 0.15) is 0 Å². The Kier molecular flexibility index (Phi) is 2.24. The lowest BCUT2D eigenvalue weighted by Gasteiger charge is -2.07. The first-order chi connectivity index (χ1) is 7.77. The molecule has 2 N–H and O–H groups in total. The van der Waals surface area contributed by atoms with Crippen LogP contribution in [0.3, 0.4) is 0 Å². The molecule has 0 aliphatic heterocycles. The maximum Gasteiger partial charge on any atom is 0.0456 e. The second-order valence-corrected chi connectivity index (χ2v) is 4.93. The van der Waals surface area contributed by atoms with E-state index in [1.807, 2.05) is 6.07 Å². The van der Waals surface area contributed by atoms with Gasteiger partial charge in [0.15, 0.2) is 0 Å². The van der Waals surface area contributed by atoms with Crippen LogP contribution in [-0.4, -0.2) is 0 Å². The first-order valence-corrected chi connectivity index (χ1v) is 6.21. The highest BCUT2D eigenvalue weighted by atomic mass is 127. The molecule has 0 aliphatic rings. The number of nitrogen functional groups attached to an aromatic ring is 1. The summed E-state index contributed by atoms with van der Waals surface area (Å²) in [6.45, 7) is 0. The van der Waals surface area contributed by atoms with E-state index >= 15 is 0 Å². The van der Waals surface area contributed by atoms with Crippen molar-refractivity contribution >= 4 is 49.8 Å². The monoisotopic (exact) mass is 319 g/mol. The van der Waals surface area contributed by atoms with E-state index in [4.69, 9.17) is 5.73 Å². The van der Waals surface area contributed by atoms with Crippen LogP contribution in [0.15, 0.2) is 48.5 Å². The van der Waals surface area contributed by atoms with Gasteiger partial charge in [-0.2, -0.15) is 0 Å². The maximum atomic E-state index is 5.97. The Bertz CT molecular complexity index is 689. The molecule has 0 aromatic heterocycles. The maximum absolute atomic E-state index is 5.97. The van der Waals surface area contributed by atoms with Crippen LogP contribution in [-0.2, 0) is 0 Å². The molecule has 0 radical (unpaired) electrons. The minimum absolute atomic E-state index is 0.851. The molecule has 0 heterocycles. The minimum atomic E-state index is 0.851. The molecule has 0 atom stereocenters. The van der Waals surface area contributed by atoms with E-state index in [-0.39, 0.29) is 0 Å². The first-order valence-electron chi connectivity index (χ1n) is 5.13. The average Bonchev–Trinajstić information content (AvgIpc) is 2.33. The summed E-state index contributed by atoms with van der Waals surface area (Å²) in [5, 5.41) is 5.05. The molecule has 1 nitrogen and oxygen atoms in total. The number of benzene rings is 3. The van der Waals surface area contributed by atoms with Crippen molar-refractivity contribution in [1.29, 1.82) is 0 Å². The largest absolute Gasteiger partial charge is 0.398 e. The SMILES string of the molecule is Nc1ccc2ccc3ccccc3c2c1I. The lowest BCUT2D eigenvalue weighted by atomic mass is 10.0. The zero-order valence-corrected chi connectivity index (χ0v) is 10.7. The molecular weight excluding hydrogens is 309 g/mol. The predicted octanol–water partition coefficient (Wildman–Crippen LogP) is 4.18. The van der Waals surface area contributed by atoms with Gasteiger partial charge in [0.05, 0.1) is 0 Å². The van der Waals surface area contributed by atoms with Crippen molar-refractivity contribution < 1.29 is 0 Å². The van der Waals surface area contributed by atoms with E-state index < -0.39 is 0 Å². The predicted molar refractivity (Wildman–Crippen MR) is 78.6 cm³/mol. The van der Waals surface area contributed by atoms with E-state index in [1.54, 1.807) is 0 Å². The van der Waals surface area contributed by atoms with E-state index in [2.05, 4.69) is 65.1 Å². The zero-order valence-electron chi connectivity index (χ0n) is 8.57. The topological polar surface area (TPSA) is 26.0 Å². The van der Waals surface area contributed by atoms with Crippen LogP contribution in [0.4, 0.5) is 5.69 Å². The summed E-state index contributed by atoms with van der Waals surface area (Å²) in [5.74, 6) is 0. The fourth-order valence-corrected chi connectivity index (χ4v) is 2.85. The van der Waals surface area contributed by atoms with E-state index in [0.29, 0.717) is 0 Å². The highest BCUT2D eigenvalue weighted by Gasteiger charge is 2.05. The number of rotatable bonds is 0. The van der Waals surface area contributed by atoms with Crippen LogP contribution in [0.5, 0.6) is 0 Å². The molecule has 0 spiro atoms. The Labute approximate surface area is 107 Å². The molecule has 16 heavy (non-hydrogen) atoms. The third-order valence-electron chi connectivity index (χ3n) is 2.88. The van der Waals surface area contributed by atoms with E-state index in [0.717, 1.165) is 9.26 Å². The molecule has 2 heteroatoms. The minimum Gasteiger partial charge on any atom is -0.398 e. The van der Waals surface area contributed by atoms with E-state index in [1.165, 1.54) is 21.5 Å². The number of anilines is 1. The second kappa shape index (κ2) is 3.63. The fourth-order valence-electron chi connectivity index (χ4n) is 2.07. The van der Waals surface area contributed by atoms with Crippen LogP contribution in [0, 0.1) is 3.57 Å². The summed E-state index contributed by atoms with van der Waals surface area (Å²) < 4.78 is 1.15. The van der Waals surface area contributed by atoms with Gasteiger partial charge in [-0.15, -0.1) is 0 Å². The van der Waals surface area contributed by atoms with Gasteiger partial charge in [-0.1, -0.05) is 42.5 Å². The van der Waals surface area contributed by atoms with Crippen molar-refractivity contribution in [3.05, 3.63) is 52.1 Å². The Morgan fingerprint density at radius 3 is 2.38 bits per heavy atom. The van der Waals surface area contributed by atoms with Crippen LogP contribution < -0.4 is 5.73 Å². The highest BCUT2D eigenvalue weighted by molar-refractivity contribution is 14.1. The smallest absolute Gasteiger partial charge is 0.0456 e. The van der Waals surface area contributed by atoms with E-state index in [9.17, 15) is 0 Å². The number of nitrogens with two attached hydrogens (primary N) is 1. The third-order valence-corrected chi connectivity index (χ3v) is 4.04. The molecule has 0 amide bonds. The van der Waals surface area contributed by atoms with Crippen molar-refractivity contribution in [3.8, 4) is 0 Å². The molecular formula is C14H10IN. The molecule has 0 aliphatic carbocycles. The molecule has 78 valence electrons. The number of hydrogen-bond acceptors (Lipinski definition) is 1. The van der Waals surface area contributed by atoms with Gasteiger partial charge in [0.1, 0.15) is 0 Å². The Hall–Kier alpha value is -1.29. The summed E-state index contributed by atoms with van der Waals surface area (Å²) in [7, 11) is 0. The summed E-state index contributed by atoms with van der Waals surface area (Å²) in [6.07, 6.45) is 0. The Balaban J connectivity index is 2.63. The lowest BCUT2D eigenvalue weighted by molar-refractivity contribution is 1.70. The van der Waals surface area contributed by atoms with Gasteiger partial charge in [-0.05, 0) is 44.8 Å². The summed E-state index contributed by atoms with van der Waals surface area (Å²) >= 11 is 2.33. The van der Waals surface area contributed by atoms with Gasteiger partial charge in [0.25, 0.3) is 0 Å². The van der Waals surface area contributed by atoms with Crippen LogP contribution >= 0.6 is 22.6 Å². The van der Waals surface area contributed by atoms with Gasteiger partial charge in [0.2, 0.25) is 0 Å². The third kappa shape index (κ3) is 1.37. The summed E-state index contributed by atoms with van der Waals surface area (Å²) in [5.41, 5.74) is 6.82. The number of hydrogen-bond donors (Lipinski definition) is 1. The van der Waals surface area contributed by atoms with Gasteiger partial charge < -0.3 is 5.73 Å². The Morgan fingerprint density at radius 2 is 1.50 bits per heavy atom. The molecule has 3 aromatic carbocycles. The van der Waals surface area contributed by atoms with Crippen molar-refractivity contribution in [2.45, 2.75) is 0 Å². The standard InChI is InChI=1S/C14H10IN/c15-14-12(16)8-7-10-6-5-9-3-1-2-4-11(9)13(10)14/h1-8H,16H2.